The second-order valence-corrected chi connectivity index (χ2v) is 4.61. The van der Waals surface area contributed by atoms with Crippen LogP contribution in [0.15, 0.2) is 34.9 Å². The third-order valence-corrected chi connectivity index (χ3v) is 2.98. The van der Waals surface area contributed by atoms with E-state index in [2.05, 4.69) is 21.0 Å². The molecule has 2 N–H and O–H groups in total. The van der Waals surface area contributed by atoms with Crippen LogP contribution in [-0.2, 0) is 12.7 Å². The minimum Gasteiger partial charge on any atom is -0.381 e. The zero-order valence-electron chi connectivity index (χ0n) is 9.08. The first kappa shape index (κ1) is 12.9. The average molecular weight is 320 g/mol. The first-order valence-corrected chi connectivity index (χ1v) is 5.80. The second kappa shape index (κ2) is 4.64. The number of alkyl halides is 3. The van der Waals surface area contributed by atoms with Crippen LogP contribution in [0.2, 0.25) is 0 Å². The van der Waals surface area contributed by atoms with Crippen molar-refractivity contribution in [2.45, 2.75) is 12.7 Å². The standard InChI is InChI=1S/C11H9BrF3N3/c12-9-6-18(17-10(9)16)5-7-1-3-8(4-2-7)11(13,14)15/h1-4,6H,5H2,(H2,16,17). The van der Waals surface area contributed by atoms with Crippen LogP contribution < -0.4 is 5.73 Å². The van der Waals surface area contributed by atoms with Gasteiger partial charge in [0.25, 0.3) is 0 Å². The average Bonchev–Trinajstić information content (AvgIpc) is 2.57. The molecule has 0 atom stereocenters. The quantitative estimate of drug-likeness (QED) is 0.923. The molecule has 0 amide bonds. The van der Waals surface area contributed by atoms with Crippen LogP contribution in [0.5, 0.6) is 0 Å². The Hall–Kier alpha value is -1.50. The summed E-state index contributed by atoms with van der Waals surface area (Å²) >= 11 is 3.21. The Morgan fingerprint density at radius 2 is 1.83 bits per heavy atom. The summed E-state index contributed by atoms with van der Waals surface area (Å²) < 4.78 is 39.3. The van der Waals surface area contributed by atoms with Crippen molar-refractivity contribution in [3.8, 4) is 0 Å². The van der Waals surface area contributed by atoms with Gasteiger partial charge in [0, 0.05) is 6.20 Å². The van der Waals surface area contributed by atoms with E-state index in [0.717, 1.165) is 17.7 Å². The number of anilines is 1. The molecule has 3 nitrogen and oxygen atoms in total. The van der Waals surface area contributed by atoms with Gasteiger partial charge in [0.15, 0.2) is 5.82 Å². The van der Waals surface area contributed by atoms with E-state index in [0.29, 0.717) is 16.8 Å². The third-order valence-electron chi connectivity index (χ3n) is 2.37. The number of benzene rings is 1. The SMILES string of the molecule is Nc1nn(Cc2ccc(C(F)(F)F)cc2)cc1Br. The fraction of sp³-hybridized carbons (Fsp3) is 0.182. The summed E-state index contributed by atoms with van der Waals surface area (Å²) in [6.07, 6.45) is -2.63. The smallest absolute Gasteiger partial charge is 0.381 e. The molecule has 1 aromatic heterocycles. The maximum atomic E-state index is 12.4. The zero-order valence-corrected chi connectivity index (χ0v) is 10.7. The fourth-order valence-electron chi connectivity index (χ4n) is 1.48. The van der Waals surface area contributed by atoms with E-state index in [9.17, 15) is 13.2 Å². The number of halogens is 4. The molecular formula is C11H9BrF3N3. The summed E-state index contributed by atoms with van der Waals surface area (Å²) in [6.45, 7) is 0.369. The predicted molar refractivity (Wildman–Crippen MR) is 64.9 cm³/mol. The third kappa shape index (κ3) is 2.84. The highest BCUT2D eigenvalue weighted by Crippen LogP contribution is 2.29. The highest BCUT2D eigenvalue weighted by atomic mass is 79.9. The molecular weight excluding hydrogens is 311 g/mol. The van der Waals surface area contributed by atoms with Crippen LogP contribution in [0.4, 0.5) is 19.0 Å². The van der Waals surface area contributed by atoms with Gasteiger partial charge in [-0.25, -0.2) is 0 Å². The molecule has 0 spiro atoms. The predicted octanol–water partition coefficient (Wildman–Crippen LogP) is 3.29. The molecule has 2 aromatic rings. The molecule has 1 aromatic carbocycles. The normalized spacial score (nSPS) is 11.8. The largest absolute Gasteiger partial charge is 0.416 e. The van der Waals surface area contributed by atoms with Crippen molar-refractivity contribution in [3.05, 3.63) is 46.1 Å². The maximum absolute atomic E-state index is 12.4. The number of nitrogen functional groups attached to an aromatic ring is 1. The number of nitrogens with zero attached hydrogens (tertiary/aromatic N) is 2. The molecule has 1 heterocycles. The summed E-state index contributed by atoms with van der Waals surface area (Å²) in [5.41, 5.74) is 5.61. The Bertz CT molecular complexity index is 526. The van der Waals surface area contributed by atoms with Crippen LogP contribution in [0.25, 0.3) is 0 Å². The Labute approximate surface area is 110 Å². The van der Waals surface area contributed by atoms with E-state index in [4.69, 9.17) is 5.73 Å². The molecule has 2 rings (SSSR count). The molecule has 0 aliphatic rings. The highest BCUT2D eigenvalue weighted by molar-refractivity contribution is 9.10. The maximum Gasteiger partial charge on any atom is 0.416 e. The van der Waals surface area contributed by atoms with Gasteiger partial charge in [0.2, 0.25) is 0 Å². The van der Waals surface area contributed by atoms with E-state index in [1.54, 1.807) is 10.9 Å². The molecule has 7 heteroatoms. The van der Waals surface area contributed by atoms with E-state index < -0.39 is 11.7 Å². The van der Waals surface area contributed by atoms with Gasteiger partial charge in [-0.15, -0.1) is 0 Å². The van der Waals surface area contributed by atoms with E-state index in [-0.39, 0.29) is 0 Å². The summed E-state index contributed by atoms with van der Waals surface area (Å²) in [5, 5.41) is 4.00. The lowest BCUT2D eigenvalue weighted by Crippen LogP contribution is -2.06. The van der Waals surface area contributed by atoms with Gasteiger partial charge in [0.1, 0.15) is 0 Å². The van der Waals surface area contributed by atoms with Gasteiger partial charge < -0.3 is 5.73 Å². The van der Waals surface area contributed by atoms with E-state index in [1.165, 1.54) is 12.1 Å². The summed E-state index contributed by atoms with van der Waals surface area (Å²) in [5.74, 6) is 0.349. The van der Waals surface area contributed by atoms with Crippen molar-refractivity contribution in [1.82, 2.24) is 9.78 Å². The summed E-state index contributed by atoms with van der Waals surface area (Å²) in [7, 11) is 0. The lowest BCUT2D eigenvalue weighted by atomic mass is 10.1. The number of rotatable bonds is 2. The van der Waals surface area contributed by atoms with Crippen molar-refractivity contribution in [2.24, 2.45) is 0 Å². The molecule has 0 bridgehead atoms. The molecule has 0 fully saturated rings. The van der Waals surface area contributed by atoms with Crippen LogP contribution in [0, 0.1) is 0 Å². The van der Waals surface area contributed by atoms with Crippen molar-refractivity contribution in [3.63, 3.8) is 0 Å². The van der Waals surface area contributed by atoms with E-state index >= 15 is 0 Å². The molecule has 0 unspecified atom stereocenters. The number of nitrogens with two attached hydrogens (primary N) is 1. The first-order chi connectivity index (χ1) is 8.36. The topological polar surface area (TPSA) is 43.8 Å². The summed E-state index contributed by atoms with van der Waals surface area (Å²) in [4.78, 5) is 0. The van der Waals surface area contributed by atoms with Gasteiger partial charge in [-0.2, -0.15) is 18.3 Å². The van der Waals surface area contributed by atoms with Crippen LogP contribution in [0.1, 0.15) is 11.1 Å². The molecule has 0 saturated heterocycles. The fourth-order valence-corrected chi connectivity index (χ4v) is 1.79. The molecule has 0 saturated carbocycles. The van der Waals surface area contributed by atoms with Crippen LogP contribution in [0.3, 0.4) is 0 Å². The van der Waals surface area contributed by atoms with Gasteiger partial charge in [-0.05, 0) is 33.6 Å². The lowest BCUT2D eigenvalue weighted by molar-refractivity contribution is -0.137. The molecule has 0 radical (unpaired) electrons. The first-order valence-electron chi connectivity index (χ1n) is 5.01. The minimum absolute atomic E-state index is 0.349. The Balaban J connectivity index is 2.16. The van der Waals surface area contributed by atoms with Gasteiger partial charge in [-0.3, -0.25) is 4.68 Å². The Morgan fingerprint density at radius 3 is 2.28 bits per heavy atom. The van der Waals surface area contributed by atoms with Crippen molar-refractivity contribution >= 4 is 21.7 Å². The Kier molecular flexibility index (Phi) is 3.34. The van der Waals surface area contributed by atoms with Crippen LogP contribution in [-0.4, -0.2) is 9.78 Å². The summed E-state index contributed by atoms with van der Waals surface area (Å²) in [6, 6.07) is 4.96. The second-order valence-electron chi connectivity index (χ2n) is 3.75. The van der Waals surface area contributed by atoms with E-state index in [1.807, 2.05) is 0 Å². The lowest BCUT2D eigenvalue weighted by Gasteiger charge is -2.07. The highest BCUT2D eigenvalue weighted by Gasteiger charge is 2.29. The zero-order chi connectivity index (χ0) is 13.3. The molecule has 18 heavy (non-hydrogen) atoms. The monoisotopic (exact) mass is 319 g/mol. The molecule has 0 aliphatic heterocycles. The van der Waals surface area contributed by atoms with Gasteiger partial charge in [-0.1, -0.05) is 12.1 Å². The Morgan fingerprint density at radius 1 is 1.22 bits per heavy atom. The van der Waals surface area contributed by atoms with Crippen LogP contribution >= 0.6 is 15.9 Å². The molecule has 0 aliphatic carbocycles. The van der Waals surface area contributed by atoms with Crippen molar-refractivity contribution < 1.29 is 13.2 Å². The van der Waals surface area contributed by atoms with Gasteiger partial charge >= 0.3 is 6.18 Å². The number of hydrogen-bond acceptors (Lipinski definition) is 2. The van der Waals surface area contributed by atoms with Crippen molar-refractivity contribution in [2.75, 3.05) is 5.73 Å². The molecule has 96 valence electrons. The number of hydrogen-bond donors (Lipinski definition) is 1. The van der Waals surface area contributed by atoms with Gasteiger partial charge in [0.05, 0.1) is 16.6 Å². The van der Waals surface area contributed by atoms with Crippen molar-refractivity contribution in [1.29, 1.82) is 0 Å². The number of aromatic nitrogens is 2. The minimum atomic E-state index is -4.31.